The maximum atomic E-state index is 12.7. The number of carbonyl (C=O) groups is 2. The summed E-state index contributed by atoms with van der Waals surface area (Å²) >= 11 is 0. The SMILES string of the molecule is O=C(COc1ccc(F)cc1)NCC(=O)N1CCOCC1. The number of hydrogen-bond donors (Lipinski definition) is 1. The van der Waals surface area contributed by atoms with Gasteiger partial charge in [-0.1, -0.05) is 0 Å². The van der Waals surface area contributed by atoms with Crippen LogP contribution in [0.1, 0.15) is 0 Å². The summed E-state index contributed by atoms with van der Waals surface area (Å²) in [5, 5.41) is 2.49. The summed E-state index contributed by atoms with van der Waals surface area (Å²) in [5.41, 5.74) is 0. The number of morpholine rings is 1. The highest BCUT2D eigenvalue weighted by molar-refractivity contribution is 5.85. The molecule has 0 spiro atoms. The molecule has 1 heterocycles. The lowest BCUT2D eigenvalue weighted by molar-refractivity contribution is -0.136. The zero-order valence-electron chi connectivity index (χ0n) is 11.5. The molecule has 0 unspecified atom stereocenters. The minimum atomic E-state index is -0.402. The van der Waals surface area contributed by atoms with Gasteiger partial charge in [-0.05, 0) is 24.3 Å². The first kappa shape index (κ1) is 15.2. The van der Waals surface area contributed by atoms with Crippen molar-refractivity contribution in [3.63, 3.8) is 0 Å². The monoisotopic (exact) mass is 296 g/mol. The standard InChI is InChI=1S/C14H17FN2O4/c15-11-1-3-12(4-2-11)21-10-13(18)16-9-14(19)17-5-7-20-8-6-17/h1-4H,5-10H2,(H,16,18). The van der Waals surface area contributed by atoms with Gasteiger partial charge in [0, 0.05) is 13.1 Å². The van der Waals surface area contributed by atoms with Crippen LogP contribution in [0.2, 0.25) is 0 Å². The van der Waals surface area contributed by atoms with E-state index in [9.17, 15) is 14.0 Å². The van der Waals surface area contributed by atoms with Crippen molar-refractivity contribution in [1.29, 1.82) is 0 Å². The first-order valence-corrected chi connectivity index (χ1v) is 6.66. The molecule has 1 aromatic carbocycles. The lowest BCUT2D eigenvalue weighted by Crippen LogP contribution is -2.46. The molecule has 0 radical (unpaired) electrons. The zero-order chi connectivity index (χ0) is 15.1. The smallest absolute Gasteiger partial charge is 0.258 e. The van der Waals surface area contributed by atoms with Crippen LogP contribution in [0, 0.1) is 5.82 Å². The Hall–Kier alpha value is -2.15. The number of rotatable bonds is 5. The molecule has 0 bridgehead atoms. The maximum absolute atomic E-state index is 12.7. The van der Waals surface area contributed by atoms with E-state index >= 15 is 0 Å². The van der Waals surface area contributed by atoms with Gasteiger partial charge in [-0.15, -0.1) is 0 Å². The predicted molar refractivity (Wildman–Crippen MR) is 72.3 cm³/mol. The van der Waals surface area contributed by atoms with Crippen molar-refractivity contribution in [3.05, 3.63) is 30.1 Å². The van der Waals surface area contributed by atoms with Gasteiger partial charge < -0.3 is 19.7 Å². The van der Waals surface area contributed by atoms with Crippen molar-refractivity contribution >= 4 is 11.8 Å². The van der Waals surface area contributed by atoms with Crippen molar-refractivity contribution in [3.8, 4) is 5.75 Å². The van der Waals surface area contributed by atoms with Crippen LogP contribution in [0.3, 0.4) is 0 Å². The molecule has 1 fully saturated rings. The quantitative estimate of drug-likeness (QED) is 0.841. The summed E-state index contributed by atoms with van der Waals surface area (Å²) in [6.07, 6.45) is 0. The summed E-state index contributed by atoms with van der Waals surface area (Å²) < 4.78 is 23.0. The van der Waals surface area contributed by atoms with E-state index in [4.69, 9.17) is 9.47 Å². The molecule has 0 aromatic heterocycles. The van der Waals surface area contributed by atoms with Gasteiger partial charge in [0.15, 0.2) is 6.61 Å². The Bertz CT molecular complexity index is 486. The Labute approximate surface area is 121 Å². The average molecular weight is 296 g/mol. The van der Waals surface area contributed by atoms with E-state index in [1.54, 1.807) is 4.90 Å². The molecule has 2 rings (SSSR count). The maximum Gasteiger partial charge on any atom is 0.258 e. The van der Waals surface area contributed by atoms with E-state index in [-0.39, 0.29) is 24.9 Å². The van der Waals surface area contributed by atoms with Crippen molar-refractivity contribution in [1.82, 2.24) is 10.2 Å². The van der Waals surface area contributed by atoms with Gasteiger partial charge >= 0.3 is 0 Å². The van der Waals surface area contributed by atoms with Gasteiger partial charge in [-0.25, -0.2) is 4.39 Å². The van der Waals surface area contributed by atoms with Gasteiger partial charge in [0.05, 0.1) is 19.8 Å². The van der Waals surface area contributed by atoms with Crippen molar-refractivity contribution in [2.24, 2.45) is 0 Å². The predicted octanol–water partition coefficient (Wildman–Crippen LogP) is 0.179. The molecule has 1 N–H and O–H groups in total. The Kier molecular flexibility index (Phi) is 5.51. The molecule has 1 aliphatic rings. The van der Waals surface area contributed by atoms with Crippen LogP contribution in [0.15, 0.2) is 24.3 Å². The van der Waals surface area contributed by atoms with Crippen LogP contribution >= 0.6 is 0 Å². The first-order valence-electron chi connectivity index (χ1n) is 6.66. The van der Waals surface area contributed by atoms with E-state index < -0.39 is 5.91 Å². The summed E-state index contributed by atoms with van der Waals surface area (Å²) in [5.74, 6) is -0.525. The highest BCUT2D eigenvalue weighted by Crippen LogP contribution is 2.10. The Balaban J connectivity index is 1.67. The molecule has 1 aromatic rings. The minimum Gasteiger partial charge on any atom is -0.484 e. The van der Waals surface area contributed by atoms with E-state index in [0.29, 0.717) is 32.1 Å². The molecular formula is C14H17FN2O4. The normalized spacial score (nSPS) is 14.6. The largest absolute Gasteiger partial charge is 0.484 e. The third-order valence-electron chi connectivity index (χ3n) is 2.98. The summed E-state index contributed by atoms with van der Waals surface area (Å²) in [6.45, 7) is 1.84. The van der Waals surface area contributed by atoms with Crippen LogP contribution in [-0.4, -0.2) is 56.2 Å². The highest BCUT2D eigenvalue weighted by Gasteiger charge is 2.17. The van der Waals surface area contributed by atoms with Crippen LogP contribution in [0.5, 0.6) is 5.75 Å². The number of carbonyl (C=O) groups excluding carboxylic acids is 2. The van der Waals surface area contributed by atoms with E-state index in [2.05, 4.69) is 5.32 Å². The third kappa shape index (κ3) is 5.03. The molecule has 1 saturated heterocycles. The van der Waals surface area contributed by atoms with Gasteiger partial charge in [-0.3, -0.25) is 9.59 Å². The van der Waals surface area contributed by atoms with E-state index in [1.165, 1.54) is 24.3 Å². The minimum absolute atomic E-state index is 0.0639. The molecule has 6 nitrogen and oxygen atoms in total. The van der Waals surface area contributed by atoms with Crippen LogP contribution in [-0.2, 0) is 14.3 Å². The van der Waals surface area contributed by atoms with Crippen LogP contribution < -0.4 is 10.1 Å². The second-order valence-corrected chi connectivity index (χ2v) is 4.51. The fourth-order valence-corrected chi connectivity index (χ4v) is 1.83. The highest BCUT2D eigenvalue weighted by atomic mass is 19.1. The number of nitrogens with zero attached hydrogens (tertiary/aromatic N) is 1. The Morgan fingerprint density at radius 2 is 1.90 bits per heavy atom. The Morgan fingerprint density at radius 3 is 2.57 bits per heavy atom. The number of nitrogens with one attached hydrogen (secondary N) is 1. The number of ether oxygens (including phenoxy) is 2. The lowest BCUT2D eigenvalue weighted by atomic mass is 10.3. The van der Waals surface area contributed by atoms with Crippen molar-refractivity contribution in [2.45, 2.75) is 0 Å². The second kappa shape index (κ2) is 7.58. The van der Waals surface area contributed by atoms with E-state index in [0.717, 1.165) is 0 Å². The number of hydrogen-bond acceptors (Lipinski definition) is 4. The molecule has 0 saturated carbocycles. The van der Waals surface area contributed by atoms with Gasteiger partial charge in [0.2, 0.25) is 5.91 Å². The molecule has 0 aliphatic carbocycles. The number of amides is 2. The molecule has 7 heteroatoms. The number of halogens is 1. The summed E-state index contributed by atoms with van der Waals surface area (Å²) in [6, 6.07) is 5.35. The van der Waals surface area contributed by atoms with Crippen molar-refractivity contribution < 1.29 is 23.5 Å². The average Bonchev–Trinajstić information content (AvgIpc) is 2.53. The fourth-order valence-electron chi connectivity index (χ4n) is 1.83. The summed E-state index contributed by atoms with van der Waals surface area (Å²) in [4.78, 5) is 25.0. The Morgan fingerprint density at radius 1 is 1.24 bits per heavy atom. The van der Waals surface area contributed by atoms with Gasteiger partial charge in [0.1, 0.15) is 11.6 Å². The first-order chi connectivity index (χ1) is 10.1. The van der Waals surface area contributed by atoms with Gasteiger partial charge in [0.25, 0.3) is 5.91 Å². The molecule has 114 valence electrons. The molecule has 21 heavy (non-hydrogen) atoms. The van der Waals surface area contributed by atoms with Crippen molar-refractivity contribution in [2.75, 3.05) is 39.5 Å². The topological polar surface area (TPSA) is 67.9 Å². The molecule has 1 aliphatic heterocycles. The number of benzene rings is 1. The molecule has 2 amide bonds. The lowest BCUT2D eigenvalue weighted by Gasteiger charge is -2.26. The van der Waals surface area contributed by atoms with Gasteiger partial charge in [-0.2, -0.15) is 0 Å². The van der Waals surface area contributed by atoms with Crippen LogP contribution in [0.4, 0.5) is 4.39 Å². The third-order valence-corrected chi connectivity index (χ3v) is 2.98. The molecular weight excluding hydrogens is 279 g/mol. The zero-order valence-corrected chi connectivity index (χ0v) is 11.5. The summed E-state index contributed by atoms with van der Waals surface area (Å²) in [7, 11) is 0. The second-order valence-electron chi connectivity index (χ2n) is 4.51. The van der Waals surface area contributed by atoms with E-state index in [1.807, 2.05) is 0 Å². The molecule has 0 atom stereocenters. The van der Waals surface area contributed by atoms with Crippen LogP contribution in [0.25, 0.3) is 0 Å². The fraction of sp³-hybridized carbons (Fsp3) is 0.429.